The molecule has 3 rings (SSSR count). The first-order valence-electron chi connectivity index (χ1n) is 5.62. The number of imidazole rings is 1. The molecule has 92 valence electrons. The van der Waals surface area contributed by atoms with Gasteiger partial charge in [-0.25, -0.2) is 10.2 Å². The van der Waals surface area contributed by atoms with Crippen molar-refractivity contribution in [3.05, 3.63) is 34.2 Å². The summed E-state index contributed by atoms with van der Waals surface area (Å²) in [5, 5.41) is 3.87. The van der Waals surface area contributed by atoms with Gasteiger partial charge in [0.25, 0.3) is 0 Å². The van der Waals surface area contributed by atoms with E-state index in [1.54, 1.807) is 6.21 Å². The summed E-state index contributed by atoms with van der Waals surface area (Å²) in [6, 6.07) is 5.60. The first kappa shape index (κ1) is 10.8. The molecule has 6 nitrogen and oxygen atoms in total. The molecule has 0 spiro atoms. The third kappa shape index (κ3) is 1.62. The van der Waals surface area contributed by atoms with Gasteiger partial charge in [0.15, 0.2) is 0 Å². The second-order valence-electron chi connectivity index (χ2n) is 4.73. The van der Waals surface area contributed by atoms with Gasteiger partial charge in [0.1, 0.15) is 0 Å². The van der Waals surface area contributed by atoms with Gasteiger partial charge in [0.05, 0.1) is 11.0 Å². The van der Waals surface area contributed by atoms with Gasteiger partial charge < -0.3 is 9.97 Å². The van der Waals surface area contributed by atoms with Gasteiger partial charge in [0, 0.05) is 18.1 Å². The molecule has 2 heterocycles. The molecule has 1 aromatic carbocycles. The summed E-state index contributed by atoms with van der Waals surface area (Å²) in [7, 11) is 0. The van der Waals surface area contributed by atoms with Crippen LogP contribution in [0.15, 0.2) is 28.1 Å². The highest BCUT2D eigenvalue weighted by Crippen LogP contribution is 2.28. The molecule has 0 saturated heterocycles. The highest BCUT2D eigenvalue weighted by Gasteiger charge is 2.31. The molecule has 2 aromatic rings. The first-order valence-corrected chi connectivity index (χ1v) is 5.62. The van der Waals surface area contributed by atoms with Gasteiger partial charge >= 0.3 is 5.69 Å². The Bertz CT molecular complexity index is 712. The lowest BCUT2D eigenvalue weighted by molar-refractivity contribution is -0.122. The molecule has 0 fully saturated rings. The van der Waals surface area contributed by atoms with E-state index in [4.69, 9.17) is 0 Å². The molecule has 0 radical (unpaired) electrons. The Hall–Kier alpha value is -2.37. The standard InChI is InChI=1S/C12H12N4O2/c1-12(5-10(17)16-13-6-12)7-2-3-8-9(4-7)15-11(18)14-8/h2-4,6H,5H2,1H3,(H,16,17)(H2,14,15,18). The third-order valence-corrected chi connectivity index (χ3v) is 3.24. The minimum Gasteiger partial charge on any atom is -0.306 e. The molecule has 1 aromatic heterocycles. The molecule has 1 atom stereocenters. The van der Waals surface area contributed by atoms with Crippen molar-refractivity contribution in [3.63, 3.8) is 0 Å². The molecule has 0 saturated carbocycles. The zero-order chi connectivity index (χ0) is 12.8. The van der Waals surface area contributed by atoms with E-state index in [9.17, 15) is 9.59 Å². The fourth-order valence-electron chi connectivity index (χ4n) is 2.23. The van der Waals surface area contributed by atoms with Crippen molar-refractivity contribution < 1.29 is 4.79 Å². The van der Waals surface area contributed by atoms with E-state index in [-0.39, 0.29) is 11.6 Å². The Morgan fingerprint density at radius 2 is 2.00 bits per heavy atom. The number of nitrogens with zero attached hydrogens (tertiary/aromatic N) is 1. The Morgan fingerprint density at radius 1 is 1.22 bits per heavy atom. The monoisotopic (exact) mass is 244 g/mol. The van der Waals surface area contributed by atoms with Crippen LogP contribution >= 0.6 is 0 Å². The zero-order valence-electron chi connectivity index (χ0n) is 9.78. The molecule has 1 aliphatic heterocycles. The minimum atomic E-state index is -0.440. The maximum absolute atomic E-state index is 11.4. The molecular formula is C12H12N4O2. The maximum atomic E-state index is 11.4. The van der Waals surface area contributed by atoms with E-state index < -0.39 is 5.41 Å². The summed E-state index contributed by atoms with van der Waals surface area (Å²) in [6.07, 6.45) is 2.07. The Balaban J connectivity index is 2.13. The number of fused-ring (bicyclic) bond motifs is 1. The van der Waals surface area contributed by atoms with Gasteiger partial charge in [-0.3, -0.25) is 4.79 Å². The number of hydrogen-bond acceptors (Lipinski definition) is 3. The van der Waals surface area contributed by atoms with Crippen molar-refractivity contribution in [3.8, 4) is 0 Å². The van der Waals surface area contributed by atoms with Crippen molar-refractivity contribution in [2.45, 2.75) is 18.8 Å². The fourth-order valence-corrected chi connectivity index (χ4v) is 2.23. The summed E-state index contributed by atoms with van der Waals surface area (Å²) < 4.78 is 0. The van der Waals surface area contributed by atoms with Crippen molar-refractivity contribution in [1.29, 1.82) is 0 Å². The van der Waals surface area contributed by atoms with Crippen molar-refractivity contribution in [2.24, 2.45) is 5.10 Å². The van der Waals surface area contributed by atoms with Crippen molar-refractivity contribution >= 4 is 23.2 Å². The second-order valence-corrected chi connectivity index (χ2v) is 4.73. The molecule has 0 aliphatic carbocycles. The normalized spacial score (nSPS) is 23.3. The van der Waals surface area contributed by atoms with Crippen LogP contribution in [0.2, 0.25) is 0 Å². The van der Waals surface area contributed by atoms with E-state index >= 15 is 0 Å². The predicted octanol–water partition coefficient (Wildman–Crippen LogP) is 0.620. The van der Waals surface area contributed by atoms with Crippen LogP contribution in [-0.4, -0.2) is 22.1 Å². The van der Waals surface area contributed by atoms with Crippen LogP contribution in [0, 0.1) is 0 Å². The Kier molecular flexibility index (Phi) is 2.13. The summed E-state index contributed by atoms with van der Waals surface area (Å²) in [6.45, 7) is 1.95. The average molecular weight is 244 g/mol. The number of H-pyrrole nitrogens is 2. The lowest BCUT2D eigenvalue weighted by Crippen LogP contribution is -2.37. The van der Waals surface area contributed by atoms with Gasteiger partial charge in [-0.2, -0.15) is 5.10 Å². The summed E-state index contributed by atoms with van der Waals surface area (Å²) in [4.78, 5) is 28.0. The molecular weight excluding hydrogens is 232 g/mol. The smallest absolute Gasteiger partial charge is 0.306 e. The van der Waals surface area contributed by atoms with E-state index in [2.05, 4.69) is 20.5 Å². The lowest BCUT2D eigenvalue weighted by Gasteiger charge is -2.27. The van der Waals surface area contributed by atoms with Crippen LogP contribution in [0.1, 0.15) is 18.9 Å². The Labute approximate surface area is 102 Å². The van der Waals surface area contributed by atoms with Gasteiger partial charge in [0.2, 0.25) is 5.91 Å². The molecule has 0 bridgehead atoms. The van der Waals surface area contributed by atoms with E-state index in [0.717, 1.165) is 16.6 Å². The zero-order valence-corrected chi connectivity index (χ0v) is 9.78. The summed E-state index contributed by atoms with van der Waals surface area (Å²) in [5.74, 6) is -0.109. The number of hydrazone groups is 1. The number of carbonyl (C=O) groups excluding carboxylic acids is 1. The predicted molar refractivity (Wildman–Crippen MR) is 67.5 cm³/mol. The summed E-state index contributed by atoms with van der Waals surface area (Å²) >= 11 is 0. The largest absolute Gasteiger partial charge is 0.323 e. The highest BCUT2D eigenvalue weighted by atomic mass is 16.2. The van der Waals surface area contributed by atoms with E-state index in [1.807, 2.05) is 25.1 Å². The first-order chi connectivity index (χ1) is 8.57. The fraction of sp³-hybridized carbons (Fsp3) is 0.250. The van der Waals surface area contributed by atoms with E-state index in [1.165, 1.54) is 0 Å². The van der Waals surface area contributed by atoms with Crippen LogP contribution in [0.4, 0.5) is 0 Å². The number of aromatic nitrogens is 2. The molecule has 3 N–H and O–H groups in total. The highest BCUT2D eigenvalue weighted by molar-refractivity contribution is 5.90. The van der Waals surface area contributed by atoms with Crippen LogP contribution < -0.4 is 11.1 Å². The lowest BCUT2D eigenvalue weighted by atomic mass is 9.79. The number of carbonyl (C=O) groups is 1. The number of benzene rings is 1. The van der Waals surface area contributed by atoms with Crippen LogP contribution in [0.5, 0.6) is 0 Å². The number of amides is 1. The number of rotatable bonds is 1. The molecule has 6 heteroatoms. The summed E-state index contributed by atoms with van der Waals surface area (Å²) in [5.41, 5.74) is 4.18. The van der Waals surface area contributed by atoms with Crippen LogP contribution in [0.3, 0.4) is 0 Å². The number of nitrogens with one attached hydrogen (secondary N) is 3. The number of hydrogen-bond donors (Lipinski definition) is 3. The van der Waals surface area contributed by atoms with Gasteiger partial charge in [-0.15, -0.1) is 0 Å². The third-order valence-electron chi connectivity index (χ3n) is 3.24. The maximum Gasteiger partial charge on any atom is 0.323 e. The average Bonchev–Trinajstić information content (AvgIpc) is 2.67. The number of aromatic amines is 2. The van der Waals surface area contributed by atoms with Crippen LogP contribution in [-0.2, 0) is 10.2 Å². The van der Waals surface area contributed by atoms with Crippen LogP contribution in [0.25, 0.3) is 11.0 Å². The molecule has 18 heavy (non-hydrogen) atoms. The van der Waals surface area contributed by atoms with Crippen molar-refractivity contribution in [2.75, 3.05) is 0 Å². The van der Waals surface area contributed by atoms with Crippen molar-refractivity contribution in [1.82, 2.24) is 15.4 Å². The Morgan fingerprint density at radius 3 is 2.78 bits per heavy atom. The topological polar surface area (TPSA) is 90.1 Å². The van der Waals surface area contributed by atoms with E-state index in [0.29, 0.717) is 6.42 Å². The second kappa shape index (κ2) is 3.56. The minimum absolute atomic E-state index is 0.109. The SMILES string of the molecule is CC1(c2ccc3[nH]c(=O)[nH]c3c2)C=NNC(=O)C1. The molecule has 1 unspecified atom stereocenters. The molecule has 1 amide bonds. The van der Waals surface area contributed by atoms with Gasteiger partial charge in [-0.1, -0.05) is 6.07 Å². The molecule has 1 aliphatic rings. The van der Waals surface area contributed by atoms with Gasteiger partial charge in [-0.05, 0) is 24.6 Å². The quantitative estimate of drug-likeness (QED) is 0.686.